The molecule has 1 atom stereocenters. The van der Waals surface area contributed by atoms with Crippen molar-refractivity contribution in [2.75, 3.05) is 0 Å². The number of rotatable bonds is 18. The molecular weight excluding hydrogens is 268 g/mol. The van der Waals surface area contributed by atoms with Crippen molar-refractivity contribution >= 4 is 0 Å². The average molecular weight is 311 g/mol. The molecule has 0 saturated heterocycles. The van der Waals surface area contributed by atoms with E-state index < -0.39 is 0 Å². The molecule has 0 amide bonds. The summed E-state index contributed by atoms with van der Waals surface area (Å²) in [6.07, 6.45) is 24.6. The Morgan fingerprint density at radius 2 is 0.955 bits per heavy atom. The molecule has 0 saturated carbocycles. The molecule has 1 unspecified atom stereocenters. The van der Waals surface area contributed by atoms with Crippen LogP contribution in [0, 0.1) is 0 Å². The monoisotopic (exact) mass is 310 g/mol. The minimum absolute atomic E-state index is 0.286. The lowest BCUT2D eigenvalue weighted by Gasteiger charge is -2.05. The highest BCUT2D eigenvalue weighted by atomic mass is 16.3. The maximum absolute atomic E-state index is 9.36. The van der Waals surface area contributed by atoms with Gasteiger partial charge in [0.1, 0.15) is 0 Å². The summed E-state index contributed by atoms with van der Waals surface area (Å²) in [6, 6.07) is 0. The van der Waals surface area contributed by atoms with Gasteiger partial charge < -0.3 is 5.11 Å². The molecule has 22 heavy (non-hydrogen) atoms. The number of aliphatic hydroxyl groups excluding tert-OH is 1. The smallest absolute Gasteiger partial charge is 0.0718 e. The van der Waals surface area contributed by atoms with Crippen LogP contribution >= 0.6 is 0 Å². The van der Waals surface area contributed by atoms with Crippen LogP contribution in [0.3, 0.4) is 0 Å². The number of hydrogen-bond acceptors (Lipinski definition) is 1. The van der Waals surface area contributed by atoms with Crippen molar-refractivity contribution in [1.29, 1.82) is 0 Å². The summed E-state index contributed by atoms with van der Waals surface area (Å²) in [6.45, 7) is 5.89. The van der Waals surface area contributed by atoms with Crippen LogP contribution in [-0.2, 0) is 0 Å². The molecule has 0 aliphatic rings. The third-order valence-electron chi connectivity index (χ3n) is 4.63. The van der Waals surface area contributed by atoms with Crippen molar-refractivity contribution < 1.29 is 5.11 Å². The summed E-state index contributed by atoms with van der Waals surface area (Å²) in [5.41, 5.74) is 0. The molecule has 0 aromatic rings. The van der Waals surface area contributed by atoms with Crippen molar-refractivity contribution in [3.63, 3.8) is 0 Å². The van der Waals surface area contributed by atoms with Crippen LogP contribution in [0.25, 0.3) is 0 Å². The van der Waals surface area contributed by atoms with Crippen LogP contribution < -0.4 is 0 Å². The molecule has 0 aromatic carbocycles. The first kappa shape index (κ1) is 21.7. The van der Waals surface area contributed by atoms with Crippen LogP contribution in [0.5, 0.6) is 0 Å². The molecule has 0 radical (unpaired) electrons. The van der Waals surface area contributed by atoms with Crippen LogP contribution in [0.1, 0.15) is 116 Å². The highest BCUT2D eigenvalue weighted by Gasteiger charge is 1.98. The molecule has 132 valence electrons. The van der Waals surface area contributed by atoms with E-state index in [1.54, 1.807) is 6.08 Å². The highest BCUT2D eigenvalue weighted by molar-refractivity contribution is 4.77. The minimum Gasteiger partial charge on any atom is -0.389 e. The quantitative estimate of drug-likeness (QED) is 0.210. The fraction of sp³-hybridized carbons (Fsp3) is 0.905. The standard InChI is InChI=1S/C21H42O/c1-3-5-6-7-8-9-10-11-12-13-14-15-16-17-18-19-20-21(22)4-2/h4,21-22H,2-3,5-20H2,1H3. The van der Waals surface area contributed by atoms with Gasteiger partial charge in [-0.25, -0.2) is 0 Å². The Morgan fingerprint density at radius 3 is 1.27 bits per heavy atom. The van der Waals surface area contributed by atoms with Gasteiger partial charge in [-0.3, -0.25) is 0 Å². The van der Waals surface area contributed by atoms with E-state index >= 15 is 0 Å². The summed E-state index contributed by atoms with van der Waals surface area (Å²) in [4.78, 5) is 0. The van der Waals surface area contributed by atoms with Gasteiger partial charge in [0, 0.05) is 0 Å². The lowest BCUT2D eigenvalue weighted by molar-refractivity contribution is 0.208. The lowest BCUT2D eigenvalue weighted by atomic mass is 10.0. The zero-order chi connectivity index (χ0) is 16.3. The molecule has 0 bridgehead atoms. The van der Waals surface area contributed by atoms with Gasteiger partial charge in [0.15, 0.2) is 0 Å². The lowest BCUT2D eigenvalue weighted by Crippen LogP contribution is -2.00. The van der Waals surface area contributed by atoms with Gasteiger partial charge >= 0.3 is 0 Å². The molecule has 0 spiro atoms. The van der Waals surface area contributed by atoms with Crippen molar-refractivity contribution in [2.45, 2.75) is 122 Å². The predicted octanol–water partition coefficient (Wildman–Crippen LogP) is 7.18. The van der Waals surface area contributed by atoms with Crippen LogP contribution in [0.15, 0.2) is 12.7 Å². The van der Waals surface area contributed by atoms with Crippen molar-refractivity contribution in [3.05, 3.63) is 12.7 Å². The molecule has 0 heterocycles. The topological polar surface area (TPSA) is 20.2 Å². The Kier molecular flexibility index (Phi) is 18.5. The molecular formula is C21H42O. The largest absolute Gasteiger partial charge is 0.389 e. The SMILES string of the molecule is C=CC(O)CCCCCCCCCCCCCCCCCC. The van der Waals surface area contributed by atoms with Crippen LogP contribution in [-0.4, -0.2) is 11.2 Å². The van der Waals surface area contributed by atoms with Crippen molar-refractivity contribution in [1.82, 2.24) is 0 Å². The third-order valence-corrected chi connectivity index (χ3v) is 4.63. The summed E-state index contributed by atoms with van der Waals surface area (Å²) < 4.78 is 0. The molecule has 0 rings (SSSR count). The van der Waals surface area contributed by atoms with E-state index in [2.05, 4.69) is 13.5 Å². The fourth-order valence-corrected chi connectivity index (χ4v) is 3.02. The van der Waals surface area contributed by atoms with E-state index in [0.717, 1.165) is 12.8 Å². The van der Waals surface area contributed by atoms with Gasteiger partial charge in [0.05, 0.1) is 6.10 Å². The van der Waals surface area contributed by atoms with Gasteiger partial charge in [0.25, 0.3) is 0 Å². The Morgan fingerprint density at radius 1 is 0.636 bits per heavy atom. The van der Waals surface area contributed by atoms with Gasteiger partial charge in [-0.2, -0.15) is 0 Å². The molecule has 0 aliphatic carbocycles. The Bertz CT molecular complexity index is 212. The first-order valence-electron chi connectivity index (χ1n) is 10.1. The van der Waals surface area contributed by atoms with Crippen LogP contribution in [0.4, 0.5) is 0 Å². The second kappa shape index (κ2) is 18.7. The van der Waals surface area contributed by atoms with E-state index in [9.17, 15) is 5.11 Å². The zero-order valence-corrected chi connectivity index (χ0v) is 15.3. The molecule has 1 heteroatoms. The maximum Gasteiger partial charge on any atom is 0.0718 e. The van der Waals surface area contributed by atoms with E-state index in [4.69, 9.17) is 0 Å². The summed E-state index contributed by atoms with van der Waals surface area (Å²) in [5.74, 6) is 0. The molecule has 0 fully saturated rings. The Balaban J connectivity index is 2.98. The van der Waals surface area contributed by atoms with Gasteiger partial charge in [-0.05, 0) is 6.42 Å². The average Bonchev–Trinajstić information content (AvgIpc) is 2.54. The summed E-state index contributed by atoms with van der Waals surface area (Å²) in [7, 11) is 0. The summed E-state index contributed by atoms with van der Waals surface area (Å²) in [5, 5.41) is 9.36. The maximum atomic E-state index is 9.36. The first-order chi connectivity index (χ1) is 10.8. The third kappa shape index (κ3) is 17.8. The van der Waals surface area contributed by atoms with Crippen molar-refractivity contribution in [2.24, 2.45) is 0 Å². The molecule has 0 aliphatic heterocycles. The fourth-order valence-electron chi connectivity index (χ4n) is 3.02. The second-order valence-corrected chi connectivity index (χ2v) is 6.90. The summed E-state index contributed by atoms with van der Waals surface area (Å²) >= 11 is 0. The predicted molar refractivity (Wildman–Crippen MR) is 100 cm³/mol. The molecule has 1 nitrogen and oxygen atoms in total. The Labute approximate surface area is 140 Å². The van der Waals surface area contributed by atoms with Gasteiger partial charge in [-0.1, -0.05) is 116 Å². The second-order valence-electron chi connectivity index (χ2n) is 6.90. The zero-order valence-electron chi connectivity index (χ0n) is 15.3. The van der Waals surface area contributed by atoms with Gasteiger partial charge in [-0.15, -0.1) is 6.58 Å². The van der Waals surface area contributed by atoms with Crippen LogP contribution in [0.2, 0.25) is 0 Å². The van der Waals surface area contributed by atoms with E-state index in [-0.39, 0.29) is 6.10 Å². The van der Waals surface area contributed by atoms with Crippen molar-refractivity contribution in [3.8, 4) is 0 Å². The number of aliphatic hydroxyl groups is 1. The van der Waals surface area contributed by atoms with E-state index in [0.29, 0.717) is 0 Å². The highest BCUT2D eigenvalue weighted by Crippen LogP contribution is 2.14. The number of hydrogen-bond donors (Lipinski definition) is 1. The number of unbranched alkanes of at least 4 members (excludes halogenated alkanes) is 15. The minimum atomic E-state index is -0.286. The molecule has 1 N–H and O–H groups in total. The van der Waals surface area contributed by atoms with Gasteiger partial charge in [0.2, 0.25) is 0 Å². The van der Waals surface area contributed by atoms with E-state index in [1.807, 2.05) is 0 Å². The molecule has 0 aromatic heterocycles. The first-order valence-corrected chi connectivity index (χ1v) is 10.1. The normalized spacial score (nSPS) is 12.5. The Hall–Kier alpha value is -0.300. The van der Waals surface area contributed by atoms with E-state index in [1.165, 1.54) is 96.3 Å².